The highest BCUT2D eigenvalue weighted by Gasteiger charge is 2.17. The number of benzene rings is 2. The summed E-state index contributed by atoms with van der Waals surface area (Å²) in [6, 6.07) is 8.61. The second kappa shape index (κ2) is 10.5. The van der Waals surface area contributed by atoms with E-state index in [2.05, 4.69) is 26.0 Å². The molecule has 10 heteroatoms. The van der Waals surface area contributed by atoms with Crippen molar-refractivity contribution in [2.24, 2.45) is 5.10 Å². The van der Waals surface area contributed by atoms with E-state index in [-0.39, 0.29) is 24.0 Å². The molecule has 33 heavy (non-hydrogen) atoms. The van der Waals surface area contributed by atoms with E-state index in [9.17, 15) is 9.59 Å². The van der Waals surface area contributed by atoms with Crippen LogP contribution in [0.1, 0.15) is 25.2 Å². The van der Waals surface area contributed by atoms with Crippen LogP contribution in [0.25, 0.3) is 10.9 Å². The maximum atomic E-state index is 12.9. The number of fused-ring (bicyclic) bond motifs is 1. The summed E-state index contributed by atoms with van der Waals surface area (Å²) < 4.78 is 23.5. The highest BCUT2D eigenvalue weighted by molar-refractivity contribution is 9.10. The maximum Gasteiger partial charge on any atom is 0.344 e. The van der Waals surface area contributed by atoms with Crippen molar-refractivity contribution in [3.8, 4) is 17.2 Å². The first kappa shape index (κ1) is 24.2. The first-order valence-corrected chi connectivity index (χ1v) is 10.8. The standard InChI is InChI=1S/C23H24BrN3O6/c1-13(2)33-21(28)12-32-22-19(30-4)8-15(9-20(22)31-5)11-25-27-14(3)26-18-7-6-16(24)10-17(18)23(27)29/h6-11,13H,12H2,1-5H3. The van der Waals surface area contributed by atoms with Gasteiger partial charge in [0.1, 0.15) is 5.82 Å². The van der Waals surface area contributed by atoms with Gasteiger partial charge in [-0.3, -0.25) is 4.79 Å². The summed E-state index contributed by atoms with van der Waals surface area (Å²) in [5.41, 5.74) is 0.882. The molecule has 0 spiro atoms. The fourth-order valence-electron chi connectivity index (χ4n) is 3.07. The van der Waals surface area contributed by atoms with Gasteiger partial charge in [0.15, 0.2) is 18.1 Å². The lowest BCUT2D eigenvalue weighted by Gasteiger charge is -2.15. The molecule has 0 saturated carbocycles. The SMILES string of the molecule is COc1cc(C=Nn2c(C)nc3ccc(Br)cc3c2=O)cc(OC)c1OCC(=O)OC(C)C. The van der Waals surface area contributed by atoms with Gasteiger partial charge < -0.3 is 18.9 Å². The molecule has 0 atom stereocenters. The second-order valence-corrected chi connectivity index (χ2v) is 8.18. The lowest BCUT2D eigenvalue weighted by molar-refractivity contribution is -0.149. The Balaban J connectivity index is 1.94. The van der Waals surface area contributed by atoms with Crippen LogP contribution in [0.5, 0.6) is 17.2 Å². The molecule has 0 aliphatic rings. The Hall–Kier alpha value is -3.40. The molecular formula is C23H24BrN3O6. The molecule has 0 aliphatic heterocycles. The summed E-state index contributed by atoms with van der Waals surface area (Å²) in [7, 11) is 2.93. The van der Waals surface area contributed by atoms with Crippen molar-refractivity contribution in [2.75, 3.05) is 20.8 Å². The van der Waals surface area contributed by atoms with E-state index in [0.29, 0.717) is 33.8 Å². The Morgan fingerprint density at radius 3 is 2.45 bits per heavy atom. The highest BCUT2D eigenvalue weighted by Crippen LogP contribution is 2.38. The molecule has 1 heterocycles. The number of aromatic nitrogens is 2. The van der Waals surface area contributed by atoms with Crippen molar-refractivity contribution in [3.63, 3.8) is 0 Å². The number of hydrogen-bond acceptors (Lipinski definition) is 8. The number of aryl methyl sites for hydroxylation is 1. The van der Waals surface area contributed by atoms with E-state index >= 15 is 0 Å². The summed E-state index contributed by atoms with van der Waals surface area (Å²) in [5.74, 6) is 0.845. The van der Waals surface area contributed by atoms with Gasteiger partial charge in [-0.1, -0.05) is 15.9 Å². The number of halogens is 1. The van der Waals surface area contributed by atoms with Gasteiger partial charge in [-0.05, 0) is 51.1 Å². The molecule has 0 saturated heterocycles. The van der Waals surface area contributed by atoms with E-state index in [0.717, 1.165) is 4.47 Å². The monoisotopic (exact) mass is 517 g/mol. The van der Waals surface area contributed by atoms with Crippen LogP contribution < -0.4 is 19.8 Å². The van der Waals surface area contributed by atoms with Crippen molar-refractivity contribution in [3.05, 3.63) is 56.5 Å². The minimum atomic E-state index is -0.509. The molecule has 0 fully saturated rings. The zero-order valence-corrected chi connectivity index (χ0v) is 20.5. The first-order valence-electron chi connectivity index (χ1n) is 10.0. The maximum absolute atomic E-state index is 12.9. The van der Waals surface area contributed by atoms with E-state index in [4.69, 9.17) is 18.9 Å². The minimum Gasteiger partial charge on any atom is -0.493 e. The fourth-order valence-corrected chi connectivity index (χ4v) is 3.43. The summed E-state index contributed by atoms with van der Waals surface area (Å²) in [4.78, 5) is 29.2. The Kier molecular flexibility index (Phi) is 7.70. The summed E-state index contributed by atoms with van der Waals surface area (Å²) in [6.45, 7) is 4.91. The lowest BCUT2D eigenvalue weighted by atomic mass is 10.2. The van der Waals surface area contributed by atoms with Crippen molar-refractivity contribution < 1.29 is 23.7 Å². The molecule has 1 aromatic heterocycles. The predicted molar refractivity (Wildman–Crippen MR) is 128 cm³/mol. The summed E-state index contributed by atoms with van der Waals surface area (Å²) >= 11 is 3.37. The molecular weight excluding hydrogens is 494 g/mol. The van der Waals surface area contributed by atoms with Gasteiger partial charge in [0.2, 0.25) is 5.75 Å². The molecule has 174 valence electrons. The van der Waals surface area contributed by atoms with Gasteiger partial charge in [0.05, 0.1) is 37.4 Å². The molecule has 0 amide bonds. The number of ether oxygens (including phenoxy) is 4. The molecule has 0 bridgehead atoms. The minimum absolute atomic E-state index is 0.249. The van der Waals surface area contributed by atoms with Gasteiger partial charge in [-0.2, -0.15) is 9.78 Å². The van der Waals surface area contributed by atoms with Crippen molar-refractivity contribution in [1.82, 2.24) is 9.66 Å². The number of nitrogens with zero attached hydrogens (tertiary/aromatic N) is 3. The molecule has 0 aliphatic carbocycles. The fraction of sp³-hybridized carbons (Fsp3) is 0.304. The molecule has 0 unspecified atom stereocenters. The van der Waals surface area contributed by atoms with Gasteiger partial charge in [0.25, 0.3) is 5.56 Å². The Bertz CT molecular complexity index is 1240. The van der Waals surface area contributed by atoms with Gasteiger partial charge >= 0.3 is 5.97 Å². The number of carbonyl (C=O) groups is 1. The molecule has 3 aromatic rings. The average Bonchev–Trinajstić information content (AvgIpc) is 2.77. The summed E-state index contributed by atoms with van der Waals surface area (Å²) in [6.07, 6.45) is 1.24. The third kappa shape index (κ3) is 5.70. The van der Waals surface area contributed by atoms with E-state index < -0.39 is 5.97 Å². The highest BCUT2D eigenvalue weighted by atomic mass is 79.9. The molecule has 2 aromatic carbocycles. The molecule has 3 rings (SSSR count). The number of esters is 1. The lowest BCUT2D eigenvalue weighted by Crippen LogP contribution is -2.20. The summed E-state index contributed by atoms with van der Waals surface area (Å²) in [5, 5.41) is 4.76. The third-order valence-corrected chi connectivity index (χ3v) is 4.97. The Labute approximate surface area is 199 Å². The number of hydrogen-bond donors (Lipinski definition) is 0. The van der Waals surface area contributed by atoms with Crippen molar-refractivity contribution in [2.45, 2.75) is 26.9 Å². The average molecular weight is 518 g/mol. The van der Waals surface area contributed by atoms with E-state index in [1.807, 2.05) is 6.07 Å². The van der Waals surface area contributed by atoms with Crippen LogP contribution in [0.15, 0.2) is 44.7 Å². The van der Waals surface area contributed by atoms with Crippen LogP contribution in [0, 0.1) is 6.92 Å². The van der Waals surface area contributed by atoms with Gasteiger partial charge in [-0.15, -0.1) is 0 Å². The van der Waals surface area contributed by atoms with Crippen LogP contribution in [0.4, 0.5) is 0 Å². The van der Waals surface area contributed by atoms with Crippen molar-refractivity contribution >= 4 is 39.0 Å². The Morgan fingerprint density at radius 1 is 1.18 bits per heavy atom. The zero-order valence-electron chi connectivity index (χ0n) is 18.9. The van der Waals surface area contributed by atoms with E-state index in [1.165, 1.54) is 25.1 Å². The first-order chi connectivity index (χ1) is 15.7. The number of rotatable bonds is 8. The topological polar surface area (TPSA) is 101 Å². The van der Waals surface area contributed by atoms with Crippen LogP contribution in [0.2, 0.25) is 0 Å². The largest absolute Gasteiger partial charge is 0.493 e. The molecule has 0 radical (unpaired) electrons. The molecule has 0 N–H and O–H groups in total. The smallest absolute Gasteiger partial charge is 0.344 e. The number of methoxy groups -OCH3 is 2. The Morgan fingerprint density at radius 2 is 1.85 bits per heavy atom. The van der Waals surface area contributed by atoms with E-state index in [1.54, 1.807) is 45.0 Å². The van der Waals surface area contributed by atoms with Gasteiger partial charge in [-0.25, -0.2) is 9.78 Å². The third-order valence-electron chi connectivity index (χ3n) is 4.48. The predicted octanol–water partition coefficient (Wildman–Crippen LogP) is 3.70. The normalized spacial score (nSPS) is 11.2. The van der Waals surface area contributed by atoms with Gasteiger partial charge in [0, 0.05) is 10.0 Å². The number of carbonyl (C=O) groups excluding carboxylic acids is 1. The van der Waals surface area contributed by atoms with Crippen LogP contribution >= 0.6 is 15.9 Å². The van der Waals surface area contributed by atoms with Crippen molar-refractivity contribution in [1.29, 1.82) is 0 Å². The zero-order chi connectivity index (χ0) is 24.1. The quantitative estimate of drug-likeness (QED) is 0.331. The van der Waals surface area contributed by atoms with Crippen LogP contribution in [0.3, 0.4) is 0 Å². The molecule has 9 nitrogen and oxygen atoms in total. The van der Waals surface area contributed by atoms with Crippen LogP contribution in [-0.2, 0) is 9.53 Å². The second-order valence-electron chi connectivity index (χ2n) is 7.26. The van der Waals surface area contributed by atoms with Crippen LogP contribution in [-0.4, -0.2) is 48.8 Å².